The molecule has 2 aromatic rings. The highest BCUT2D eigenvalue weighted by Gasteiger charge is 2.18. The monoisotopic (exact) mass is 268 g/mol. The Balaban J connectivity index is 2.20. The molecule has 0 aliphatic rings. The number of aromatic nitrogens is 3. The summed E-state index contributed by atoms with van der Waals surface area (Å²) in [5.41, 5.74) is -0.176. The molecular weight excluding hydrogens is 259 g/mol. The first-order valence-corrected chi connectivity index (χ1v) is 6.00. The van der Waals surface area contributed by atoms with Gasteiger partial charge in [0.1, 0.15) is 11.6 Å². The molecule has 2 rings (SSSR count). The molecule has 1 aromatic heterocycles. The maximum absolute atomic E-state index is 13.6. The Bertz CT molecular complexity index is 587. The summed E-state index contributed by atoms with van der Waals surface area (Å²) in [5, 5.41) is 17.7. The van der Waals surface area contributed by atoms with E-state index in [9.17, 15) is 14.5 Å². The van der Waals surface area contributed by atoms with E-state index in [0.717, 1.165) is 11.8 Å². The van der Waals surface area contributed by atoms with E-state index < -0.39 is 10.7 Å². The van der Waals surface area contributed by atoms with Crippen LogP contribution in [0.2, 0.25) is 0 Å². The molecule has 0 aliphatic heterocycles. The lowest BCUT2D eigenvalue weighted by Crippen LogP contribution is -1.97. The minimum absolute atomic E-state index is 0.0509. The average Bonchev–Trinajstić information content (AvgIpc) is 2.73. The minimum Gasteiger partial charge on any atom is -0.262 e. The lowest BCUT2D eigenvalue weighted by atomic mass is 10.2. The van der Waals surface area contributed by atoms with Crippen molar-refractivity contribution in [2.45, 2.75) is 17.8 Å². The molecule has 0 spiro atoms. The Morgan fingerprint density at radius 2 is 2.33 bits per heavy atom. The lowest BCUT2D eigenvalue weighted by Gasteiger charge is -2.02. The molecule has 0 radical (unpaired) electrons. The van der Waals surface area contributed by atoms with Gasteiger partial charge in [-0.25, -0.2) is 9.37 Å². The van der Waals surface area contributed by atoms with Gasteiger partial charge in [-0.05, 0) is 13.0 Å². The molecule has 1 aromatic carbocycles. The maximum atomic E-state index is 13.6. The number of nitro groups is 1. The molecule has 8 heteroatoms. The molecule has 94 valence electrons. The Labute approximate surface area is 106 Å². The molecule has 0 aliphatic carbocycles. The Kier molecular flexibility index (Phi) is 3.56. The molecule has 18 heavy (non-hydrogen) atoms. The number of hydrogen-bond donors (Lipinski definition) is 1. The van der Waals surface area contributed by atoms with Gasteiger partial charge in [0.2, 0.25) is 5.16 Å². The highest BCUT2D eigenvalue weighted by Crippen LogP contribution is 2.28. The summed E-state index contributed by atoms with van der Waals surface area (Å²) >= 11 is 1.14. The van der Waals surface area contributed by atoms with Gasteiger partial charge in [-0.2, -0.15) is 0 Å². The number of hydrogen-bond acceptors (Lipinski definition) is 5. The number of nitrogens with one attached hydrogen (secondary N) is 1. The lowest BCUT2D eigenvalue weighted by molar-refractivity contribution is -0.385. The second kappa shape index (κ2) is 5.13. The number of benzene rings is 1. The second-order valence-electron chi connectivity index (χ2n) is 3.49. The number of rotatable bonds is 4. The molecular formula is C10H9FN4O2S. The first-order chi connectivity index (χ1) is 8.58. The summed E-state index contributed by atoms with van der Waals surface area (Å²) in [6.45, 7) is 1.74. The van der Waals surface area contributed by atoms with Crippen LogP contribution in [0.4, 0.5) is 10.1 Å². The van der Waals surface area contributed by atoms with Crippen LogP contribution in [0, 0.1) is 22.9 Å². The van der Waals surface area contributed by atoms with E-state index in [2.05, 4.69) is 15.2 Å². The smallest absolute Gasteiger partial charge is 0.262 e. The van der Waals surface area contributed by atoms with Crippen molar-refractivity contribution in [2.75, 3.05) is 0 Å². The zero-order chi connectivity index (χ0) is 13.1. The quantitative estimate of drug-likeness (QED) is 0.523. The summed E-state index contributed by atoms with van der Waals surface area (Å²) in [5.74, 6) is 0.157. The first-order valence-electron chi connectivity index (χ1n) is 5.01. The third-order valence-corrected chi connectivity index (χ3v) is 3.09. The van der Waals surface area contributed by atoms with E-state index in [-0.39, 0.29) is 17.0 Å². The predicted molar refractivity (Wildman–Crippen MR) is 63.7 cm³/mol. The van der Waals surface area contributed by atoms with Crippen LogP contribution in [0.5, 0.6) is 0 Å². The first kappa shape index (κ1) is 12.5. The van der Waals surface area contributed by atoms with Crippen LogP contribution in [-0.4, -0.2) is 20.1 Å². The van der Waals surface area contributed by atoms with E-state index in [1.165, 1.54) is 18.2 Å². The summed E-state index contributed by atoms with van der Waals surface area (Å²) in [4.78, 5) is 14.2. The minimum atomic E-state index is -0.595. The number of aromatic amines is 1. The fourth-order valence-electron chi connectivity index (χ4n) is 1.38. The highest BCUT2D eigenvalue weighted by molar-refractivity contribution is 7.98. The third kappa shape index (κ3) is 2.65. The number of aryl methyl sites for hydroxylation is 1. The summed E-state index contributed by atoms with van der Waals surface area (Å²) in [7, 11) is 0. The Hall–Kier alpha value is -1.96. The van der Waals surface area contributed by atoms with Gasteiger partial charge in [-0.15, -0.1) is 5.10 Å². The van der Waals surface area contributed by atoms with Crippen LogP contribution in [0.25, 0.3) is 0 Å². The fourth-order valence-corrected chi connectivity index (χ4v) is 2.26. The van der Waals surface area contributed by atoms with Crippen molar-refractivity contribution >= 4 is 17.4 Å². The number of nitro benzene ring substituents is 1. The van der Waals surface area contributed by atoms with Crippen LogP contribution in [0.15, 0.2) is 23.4 Å². The van der Waals surface area contributed by atoms with Gasteiger partial charge in [0.15, 0.2) is 0 Å². The Morgan fingerprint density at radius 1 is 1.56 bits per heavy atom. The number of halogens is 1. The van der Waals surface area contributed by atoms with E-state index in [1.807, 2.05) is 0 Å². The van der Waals surface area contributed by atoms with E-state index >= 15 is 0 Å². The zero-order valence-corrected chi connectivity index (χ0v) is 10.2. The molecule has 0 unspecified atom stereocenters. The van der Waals surface area contributed by atoms with Gasteiger partial charge in [0.25, 0.3) is 5.69 Å². The van der Waals surface area contributed by atoms with Crippen molar-refractivity contribution in [3.8, 4) is 0 Å². The van der Waals surface area contributed by atoms with E-state index in [1.54, 1.807) is 6.92 Å². The van der Waals surface area contributed by atoms with E-state index in [0.29, 0.717) is 11.0 Å². The zero-order valence-electron chi connectivity index (χ0n) is 9.38. The Morgan fingerprint density at radius 3 is 2.94 bits per heavy atom. The SMILES string of the molecule is Cc1nc(SCc2c(F)cccc2[N+](=O)[O-])n[nH]1. The average molecular weight is 268 g/mol. The molecule has 0 fully saturated rings. The van der Waals surface area contributed by atoms with Crippen molar-refractivity contribution in [3.63, 3.8) is 0 Å². The largest absolute Gasteiger partial charge is 0.276 e. The fraction of sp³-hybridized carbons (Fsp3) is 0.200. The summed E-state index contributed by atoms with van der Waals surface area (Å²) in [6, 6.07) is 3.80. The van der Waals surface area contributed by atoms with Crippen LogP contribution >= 0.6 is 11.8 Å². The second-order valence-corrected chi connectivity index (χ2v) is 4.43. The number of thioether (sulfide) groups is 1. The van der Waals surface area contributed by atoms with Gasteiger partial charge in [0.05, 0.1) is 10.5 Å². The summed E-state index contributed by atoms with van der Waals surface area (Å²) in [6.07, 6.45) is 0. The highest BCUT2D eigenvalue weighted by atomic mass is 32.2. The van der Waals surface area contributed by atoms with Crippen LogP contribution < -0.4 is 0 Å². The molecule has 0 saturated carbocycles. The van der Waals surface area contributed by atoms with Gasteiger partial charge >= 0.3 is 0 Å². The molecule has 6 nitrogen and oxygen atoms in total. The van der Waals surface area contributed by atoms with Gasteiger partial charge in [0, 0.05) is 11.8 Å². The topological polar surface area (TPSA) is 84.7 Å². The standard InChI is InChI=1S/C10H9FN4O2S/c1-6-12-10(14-13-6)18-5-7-8(11)3-2-4-9(7)15(16)17/h2-4H,5H2,1H3,(H,12,13,14). The normalized spacial score (nSPS) is 10.6. The molecule has 1 heterocycles. The maximum Gasteiger partial charge on any atom is 0.276 e. The van der Waals surface area contributed by atoms with Crippen molar-refractivity contribution in [1.29, 1.82) is 0 Å². The van der Waals surface area contributed by atoms with Crippen LogP contribution in [-0.2, 0) is 5.75 Å². The van der Waals surface area contributed by atoms with Gasteiger partial charge in [-0.1, -0.05) is 17.8 Å². The van der Waals surface area contributed by atoms with E-state index in [4.69, 9.17) is 0 Å². The van der Waals surface area contributed by atoms with Crippen molar-refractivity contribution in [3.05, 3.63) is 45.5 Å². The molecule has 0 amide bonds. The predicted octanol–water partition coefficient (Wildman–Crippen LogP) is 2.45. The molecule has 1 N–H and O–H groups in total. The van der Waals surface area contributed by atoms with Crippen molar-refractivity contribution in [1.82, 2.24) is 15.2 Å². The molecule has 0 bridgehead atoms. The molecule has 0 saturated heterocycles. The van der Waals surface area contributed by atoms with Crippen LogP contribution in [0.3, 0.4) is 0 Å². The number of H-pyrrole nitrogens is 1. The number of nitrogens with zero attached hydrogens (tertiary/aromatic N) is 3. The molecule has 0 atom stereocenters. The van der Waals surface area contributed by atoms with Crippen molar-refractivity contribution in [2.24, 2.45) is 0 Å². The van der Waals surface area contributed by atoms with Gasteiger partial charge in [-0.3, -0.25) is 15.2 Å². The van der Waals surface area contributed by atoms with Crippen molar-refractivity contribution < 1.29 is 9.31 Å². The van der Waals surface area contributed by atoms with Gasteiger partial charge < -0.3 is 0 Å². The third-order valence-electron chi connectivity index (χ3n) is 2.21. The van der Waals surface area contributed by atoms with Crippen LogP contribution in [0.1, 0.15) is 11.4 Å². The summed E-state index contributed by atoms with van der Waals surface area (Å²) < 4.78 is 13.6.